The normalized spacial score (nSPS) is 14.8. The van der Waals surface area contributed by atoms with Crippen molar-refractivity contribution in [2.24, 2.45) is 0 Å². The number of aromatic nitrogens is 3. The van der Waals surface area contributed by atoms with Gasteiger partial charge in [0.1, 0.15) is 5.69 Å². The predicted molar refractivity (Wildman–Crippen MR) is 102 cm³/mol. The van der Waals surface area contributed by atoms with Gasteiger partial charge in [0.15, 0.2) is 0 Å². The van der Waals surface area contributed by atoms with Crippen LogP contribution in [0.4, 0.5) is 14.5 Å². The number of rotatable bonds is 4. The summed E-state index contributed by atoms with van der Waals surface area (Å²) in [5.41, 5.74) is 2.98. The molecule has 1 fully saturated rings. The standard InChI is InChI=1S/C18H17F2N5O2S/c19-16(20)8-25-10-21-14-7-12(1-2-13(14)17(25)26)23-3-5-24(6-4-23)18(27)15-9-28-11-22-15/h1-2,7,9-11,16H,3-6,8H2. The molecular weight excluding hydrogens is 388 g/mol. The van der Waals surface area contributed by atoms with E-state index in [1.807, 2.05) is 0 Å². The zero-order valence-corrected chi connectivity index (χ0v) is 15.6. The average Bonchev–Trinajstić information content (AvgIpc) is 3.24. The minimum absolute atomic E-state index is 0.0688. The van der Waals surface area contributed by atoms with Crippen molar-refractivity contribution in [2.45, 2.75) is 13.0 Å². The van der Waals surface area contributed by atoms with Gasteiger partial charge in [-0.2, -0.15) is 0 Å². The molecule has 1 saturated heterocycles. The first kappa shape index (κ1) is 18.5. The van der Waals surface area contributed by atoms with E-state index in [0.29, 0.717) is 42.8 Å². The third-order valence-corrected chi connectivity index (χ3v) is 5.31. The molecule has 0 radical (unpaired) electrons. The molecule has 3 heterocycles. The van der Waals surface area contributed by atoms with Crippen molar-refractivity contribution in [1.82, 2.24) is 19.4 Å². The van der Waals surface area contributed by atoms with Crippen LogP contribution in [0.5, 0.6) is 0 Å². The van der Waals surface area contributed by atoms with Crippen molar-refractivity contribution >= 4 is 33.8 Å². The highest BCUT2D eigenvalue weighted by molar-refractivity contribution is 7.07. The molecule has 1 aliphatic rings. The van der Waals surface area contributed by atoms with Crippen LogP contribution < -0.4 is 10.5 Å². The highest BCUT2D eigenvalue weighted by atomic mass is 32.1. The fourth-order valence-corrected chi connectivity index (χ4v) is 3.80. The summed E-state index contributed by atoms with van der Waals surface area (Å²) in [6.45, 7) is 1.75. The van der Waals surface area contributed by atoms with Gasteiger partial charge in [-0.05, 0) is 18.2 Å². The Balaban J connectivity index is 1.49. The number of hydrogen-bond acceptors (Lipinski definition) is 6. The molecule has 0 bridgehead atoms. The van der Waals surface area contributed by atoms with Crippen LogP contribution in [0.25, 0.3) is 10.9 Å². The van der Waals surface area contributed by atoms with Crippen LogP contribution in [0.15, 0.2) is 40.2 Å². The third-order valence-electron chi connectivity index (χ3n) is 4.73. The number of benzene rings is 1. The zero-order chi connectivity index (χ0) is 19.7. The summed E-state index contributed by atoms with van der Waals surface area (Å²) in [7, 11) is 0. The van der Waals surface area contributed by atoms with Crippen LogP contribution in [0.1, 0.15) is 10.5 Å². The molecular formula is C18H17F2N5O2S. The van der Waals surface area contributed by atoms with Gasteiger partial charge >= 0.3 is 0 Å². The number of thiazole rings is 1. The van der Waals surface area contributed by atoms with Crippen LogP contribution in [-0.2, 0) is 6.54 Å². The Hall–Kier alpha value is -2.88. The van der Waals surface area contributed by atoms with Crippen molar-refractivity contribution < 1.29 is 13.6 Å². The molecule has 146 valence electrons. The zero-order valence-electron chi connectivity index (χ0n) is 14.8. The van der Waals surface area contributed by atoms with Crippen LogP contribution in [0, 0.1) is 0 Å². The maximum atomic E-state index is 12.6. The quantitative estimate of drug-likeness (QED) is 0.665. The van der Waals surface area contributed by atoms with Gasteiger partial charge < -0.3 is 9.80 Å². The van der Waals surface area contributed by atoms with Crippen molar-refractivity contribution in [3.63, 3.8) is 0 Å². The van der Waals surface area contributed by atoms with Crippen molar-refractivity contribution in [3.8, 4) is 0 Å². The van der Waals surface area contributed by atoms with E-state index in [-0.39, 0.29) is 5.91 Å². The van der Waals surface area contributed by atoms with E-state index in [0.717, 1.165) is 16.6 Å². The molecule has 7 nitrogen and oxygen atoms in total. The monoisotopic (exact) mass is 405 g/mol. The Kier molecular flexibility index (Phi) is 5.03. The van der Waals surface area contributed by atoms with Crippen molar-refractivity contribution in [1.29, 1.82) is 0 Å². The maximum Gasteiger partial charge on any atom is 0.273 e. The molecule has 28 heavy (non-hydrogen) atoms. The first-order valence-corrected chi connectivity index (χ1v) is 9.67. The number of piperazine rings is 1. The summed E-state index contributed by atoms with van der Waals surface area (Å²) >= 11 is 1.39. The lowest BCUT2D eigenvalue weighted by Crippen LogP contribution is -2.48. The number of fused-ring (bicyclic) bond motifs is 1. The summed E-state index contributed by atoms with van der Waals surface area (Å²) < 4.78 is 26.0. The van der Waals surface area contributed by atoms with E-state index in [1.165, 1.54) is 11.3 Å². The molecule has 1 aliphatic heterocycles. The number of carbonyl (C=O) groups is 1. The summed E-state index contributed by atoms with van der Waals surface area (Å²) in [5, 5.41) is 2.05. The number of alkyl halides is 2. The van der Waals surface area contributed by atoms with Gasteiger partial charge in [-0.15, -0.1) is 11.3 Å². The number of halogens is 2. The van der Waals surface area contributed by atoms with Crippen LogP contribution >= 0.6 is 11.3 Å². The topological polar surface area (TPSA) is 71.3 Å². The Morgan fingerprint density at radius 3 is 2.64 bits per heavy atom. The molecule has 3 aromatic rings. The molecule has 0 aliphatic carbocycles. The fourth-order valence-electron chi connectivity index (χ4n) is 3.27. The van der Waals surface area contributed by atoms with Gasteiger partial charge in [0.2, 0.25) is 0 Å². The second-order valence-electron chi connectivity index (χ2n) is 6.45. The van der Waals surface area contributed by atoms with Gasteiger partial charge in [0.05, 0.1) is 29.3 Å². The Morgan fingerprint density at radius 2 is 1.96 bits per heavy atom. The van der Waals surface area contributed by atoms with Gasteiger partial charge in [-0.3, -0.25) is 14.2 Å². The van der Waals surface area contributed by atoms with Crippen molar-refractivity contribution in [3.05, 3.63) is 51.5 Å². The summed E-state index contributed by atoms with van der Waals surface area (Å²) in [5.74, 6) is -0.0688. The summed E-state index contributed by atoms with van der Waals surface area (Å²) in [6, 6.07) is 5.19. The van der Waals surface area contributed by atoms with E-state index < -0.39 is 18.5 Å². The van der Waals surface area contributed by atoms with E-state index in [1.54, 1.807) is 34.0 Å². The Labute approximate surface area is 162 Å². The lowest BCUT2D eigenvalue weighted by Gasteiger charge is -2.35. The van der Waals surface area contributed by atoms with Crippen LogP contribution in [0.2, 0.25) is 0 Å². The number of carbonyl (C=O) groups excluding carboxylic acids is 1. The molecule has 0 atom stereocenters. The lowest BCUT2D eigenvalue weighted by atomic mass is 10.2. The molecule has 10 heteroatoms. The molecule has 2 aromatic heterocycles. The average molecular weight is 405 g/mol. The highest BCUT2D eigenvalue weighted by Crippen LogP contribution is 2.21. The molecule has 0 N–H and O–H groups in total. The number of hydrogen-bond donors (Lipinski definition) is 0. The predicted octanol–water partition coefficient (Wildman–Crippen LogP) is 2.08. The minimum atomic E-state index is -2.61. The van der Waals surface area contributed by atoms with Crippen LogP contribution in [0.3, 0.4) is 0 Å². The van der Waals surface area contributed by atoms with Crippen LogP contribution in [-0.4, -0.2) is 57.9 Å². The van der Waals surface area contributed by atoms with E-state index in [2.05, 4.69) is 14.9 Å². The number of nitrogens with zero attached hydrogens (tertiary/aromatic N) is 5. The first-order chi connectivity index (χ1) is 13.5. The minimum Gasteiger partial charge on any atom is -0.368 e. The van der Waals surface area contributed by atoms with Gasteiger partial charge in [0, 0.05) is 37.2 Å². The largest absolute Gasteiger partial charge is 0.368 e. The van der Waals surface area contributed by atoms with Gasteiger partial charge in [-0.25, -0.2) is 18.7 Å². The van der Waals surface area contributed by atoms with E-state index in [9.17, 15) is 18.4 Å². The SMILES string of the molecule is O=C(c1cscn1)N1CCN(c2ccc3c(=O)n(CC(F)F)cnc3c2)CC1. The molecule has 4 rings (SSSR count). The second-order valence-corrected chi connectivity index (χ2v) is 7.17. The maximum absolute atomic E-state index is 12.6. The fraction of sp³-hybridized carbons (Fsp3) is 0.333. The Morgan fingerprint density at radius 1 is 1.18 bits per heavy atom. The number of anilines is 1. The first-order valence-electron chi connectivity index (χ1n) is 8.72. The van der Waals surface area contributed by atoms with E-state index >= 15 is 0 Å². The molecule has 0 saturated carbocycles. The molecule has 1 aromatic carbocycles. The van der Waals surface area contributed by atoms with Gasteiger partial charge in [-0.1, -0.05) is 0 Å². The molecule has 0 spiro atoms. The molecule has 0 unspecified atom stereocenters. The second kappa shape index (κ2) is 7.63. The Bertz CT molecular complexity index is 1050. The molecule has 1 amide bonds. The van der Waals surface area contributed by atoms with Crippen molar-refractivity contribution in [2.75, 3.05) is 31.1 Å². The third kappa shape index (κ3) is 3.59. The summed E-state index contributed by atoms with van der Waals surface area (Å²) in [6.07, 6.45) is -1.45. The highest BCUT2D eigenvalue weighted by Gasteiger charge is 2.23. The van der Waals surface area contributed by atoms with Gasteiger partial charge in [0.25, 0.3) is 17.9 Å². The number of amides is 1. The summed E-state index contributed by atoms with van der Waals surface area (Å²) in [4.78, 5) is 36.8. The lowest BCUT2D eigenvalue weighted by molar-refractivity contribution is 0.0741. The smallest absolute Gasteiger partial charge is 0.273 e. The van der Waals surface area contributed by atoms with E-state index in [4.69, 9.17) is 0 Å².